The molecule has 1 aliphatic carbocycles. The van der Waals surface area contributed by atoms with Crippen molar-refractivity contribution in [3.05, 3.63) is 125 Å². The van der Waals surface area contributed by atoms with Gasteiger partial charge in [-0.2, -0.15) is 0 Å². The number of aromatic nitrogens is 2. The van der Waals surface area contributed by atoms with Crippen LogP contribution in [-0.2, 0) is 12.0 Å². The summed E-state index contributed by atoms with van der Waals surface area (Å²) < 4.78 is 2.41. The smallest absolute Gasteiger partial charge is 0.121 e. The number of rotatable bonds is 6. The highest BCUT2D eigenvalue weighted by Crippen LogP contribution is 2.45. The molecule has 0 N–H and O–H groups in total. The molecule has 2 nitrogen and oxygen atoms in total. The van der Waals surface area contributed by atoms with Crippen LogP contribution < -0.4 is 0 Å². The van der Waals surface area contributed by atoms with Crippen molar-refractivity contribution in [3.63, 3.8) is 0 Å². The van der Waals surface area contributed by atoms with Crippen molar-refractivity contribution in [1.29, 1.82) is 0 Å². The average Bonchev–Trinajstić information content (AvgIpc) is 3.15. The van der Waals surface area contributed by atoms with Crippen LogP contribution in [0.2, 0.25) is 0 Å². The quantitative estimate of drug-likeness (QED) is 0.323. The highest BCUT2D eigenvalue weighted by atomic mass is 15.1. The van der Waals surface area contributed by atoms with Crippen molar-refractivity contribution in [3.8, 4) is 0 Å². The SMILES string of the molecule is Cc1nc(CC2(C)CCC2)cn1C(c1ccccc1)(c1ccccc1)c1ccccc1. The third-order valence-corrected chi connectivity index (χ3v) is 7.04. The summed E-state index contributed by atoms with van der Waals surface area (Å²) >= 11 is 0. The lowest BCUT2D eigenvalue weighted by atomic mass is 9.68. The number of imidazole rings is 1. The largest absolute Gasteiger partial charge is 0.316 e. The van der Waals surface area contributed by atoms with Crippen LogP contribution in [-0.4, -0.2) is 9.55 Å². The number of nitrogens with zero attached hydrogens (tertiary/aromatic N) is 2. The second kappa shape index (κ2) is 7.85. The molecule has 1 saturated carbocycles. The number of hydrogen-bond acceptors (Lipinski definition) is 1. The Morgan fingerprint density at radius 2 is 1.23 bits per heavy atom. The summed E-state index contributed by atoms with van der Waals surface area (Å²) in [5.74, 6) is 1.05. The first-order valence-corrected chi connectivity index (χ1v) is 11.3. The van der Waals surface area contributed by atoms with Gasteiger partial charge in [-0.3, -0.25) is 0 Å². The van der Waals surface area contributed by atoms with E-state index in [0.717, 1.165) is 12.2 Å². The molecule has 0 unspecified atom stereocenters. The summed E-state index contributed by atoms with van der Waals surface area (Å²) in [7, 11) is 0. The molecule has 156 valence electrons. The Balaban J connectivity index is 1.78. The van der Waals surface area contributed by atoms with Crippen LogP contribution in [0.3, 0.4) is 0 Å². The highest BCUT2D eigenvalue weighted by molar-refractivity contribution is 5.51. The minimum atomic E-state index is -0.473. The second-order valence-corrected chi connectivity index (χ2v) is 9.30. The Bertz CT molecular complexity index is 1040. The molecule has 0 bridgehead atoms. The summed E-state index contributed by atoms with van der Waals surface area (Å²) in [6, 6.07) is 32.6. The molecule has 0 saturated heterocycles. The molecule has 0 spiro atoms. The van der Waals surface area contributed by atoms with Gasteiger partial charge in [-0.15, -0.1) is 0 Å². The maximum Gasteiger partial charge on any atom is 0.121 e. The van der Waals surface area contributed by atoms with E-state index in [0.29, 0.717) is 5.41 Å². The van der Waals surface area contributed by atoms with Gasteiger partial charge in [0.2, 0.25) is 0 Å². The Morgan fingerprint density at radius 3 is 1.61 bits per heavy atom. The molecule has 31 heavy (non-hydrogen) atoms. The van der Waals surface area contributed by atoms with Crippen LogP contribution in [0.5, 0.6) is 0 Å². The highest BCUT2D eigenvalue weighted by Gasteiger charge is 2.40. The molecule has 0 aliphatic heterocycles. The van der Waals surface area contributed by atoms with Gasteiger partial charge in [0, 0.05) is 6.20 Å². The van der Waals surface area contributed by atoms with Gasteiger partial charge in [0.05, 0.1) is 5.69 Å². The molecular weight excluding hydrogens is 376 g/mol. The molecule has 0 atom stereocenters. The van der Waals surface area contributed by atoms with E-state index in [1.54, 1.807) is 0 Å². The minimum Gasteiger partial charge on any atom is -0.316 e. The van der Waals surface area contributed by atoms with E-state index in [2.05, 4.69) is 116 Å². The lowest BCUT2D eigenvalue weighted by Gasteiger charge is -2.39. The minimum absolute atomic E-state index is 0.403. The number of aryl methyl sites for hydroxylation is 1. The van der Waals surface area contributed by atoms with Gasteiger partial charge in [-0.1, -0.05) is 104 Å². The normalized spacial score (nSPS) is 15.4. The predicted octanol–water partition coefficient (Wildman–Crippen LogP) is 6.76. The van der Waals surface area contributed by atoms with Crippen molar-refractivity contribution < 1.29 is 0 Å². The average molecular weight is 407 g/mol. The molecule has 1 fully saturated rings. The van der Waals surface area contributed by atoms with E-state index in [1.807, 2.05) is 0 Å². The van der Waals surface area contributed by atoms with Crippen molar-refractivity contribution in [2.24, 2.45) is 5.41 Å². The Morgan fingerprint density at radius 1 is 0.774 bits per heavy atom. The lowest BCUT2D eigenvalue weighted by molar-refractivity contribution is 0.159. The van der Waals surface area contributed by atoms with Crippen molar-refractivity contribution >= 4 is 0 Å². The molecule has 0 radical (unpaired) electrons. The van der Waals surface area contributed by atoms with Gasteiger partial charge in [-0.25, -0.2) is 4.98 Å². The third kappa shape index (κ3) is 3.40. The van der Waals surface area contributed by atoms with Crippen molar-refractivity contribution in [2.45, 2.75) is 45.1 Å². The van der Waals surface area contributed by atoms with E-state index >= 15 is 0 Å². The molecular formula is C29H30N2. The summed E-state index contributed by atoms with van der Waals surface area (Å²) in [5.41, 5.74) is 4.87. The first-order valence-electron chi connectivity index (χ1n) is 11.3. The Kier molecular flexibility index (Phi) is 5.02. The van der Waals surface area contributed by atoms with Gasteiger partial charge in [0.1, 0.15) is 11.4 Å². The zero-order valence-electron chi connectivity index (χ0n) is 18.5. The van der Waals surface area contributed by atoms with Crippen molar-refractivity contribution in [2.75, 3.05) is 0 Å². The molecule has 1 heterocycles. The van der Waals surface area contributed by atoms with Crippen LogP contribution in [0.1, 0.15) is 54.4 Å². The topological polar surface area (TPSA) is 17.8 Å². The zero-order chi connectivity index (χ0) is 21.3. The summed E-state index contributed by atoms with van der Waals surface area (Å²) in [5, 5.41) is 0. The first-order chi connectivity index (χ1) is 15.1. The molecule has 0 amide bonds. The van der Waals surface area contributed by atoms with Crippen molar-refractivity contribution in [1.82, 2.24) is 9.55 Å². The predicted molar refractivity (Wildman–Crippen MR) is 127 cm³/mol. The maximum atomic E-state index is 5.08. The van der Waals surface area contributed by atoms with E-state index in [-0.39, 0.29) is 0 Å². The van der Waals surface area contributed by atoms with Crippen LogP contribution in [0.25, 0.3) is 0 Å². The van der Waals surface area contributed by atoms with Gasteiger partial charge in [-0.05, 0) is 48.3 Å². The van der Waals surface area contributed by atoms with Gasteiger partial charge in [0.25, 0.3) is 0 Å². The van der Waals surface area contributed by atoms with Gasteiger partial charge >= 0.3 is 0 Å². The fourth-order valence-electron chi connectivity index (χ4n) is 5.31. The van der Waals surface area contributed by atoms with Crippen LogP contribution in [0.4, 0.5) is 0 Å². The van der Waals surface area contributed by atoms with E-state index in [1.165, 1.54) is 41.6 Å². The van der Waals surface area contributed by atoms with Crippen LogP contribution >= 0.6 is 0 Å². The zero-order valence-corrected chi connectivity index (χ0v) is 18.5. The summed E-state index contributed by atoms with van der Waals surface area (Å²) in [4.78, 5) is 5.08. The Labute approximate surface area is 185 Å². The van der Waals surface area contributed by atoms with E-state index < -0.39 is 5.54 Å². The monoisotopic (exact) mass is 406 g/mol. The van der Waals surface area contributed by atoms with Crippen LogP contribution in [0, 0.1) is 12.3 Å². The molecule has 2 heteroatoms. The van der Waals surface area contributed by atoms with Crippen LogP contribution in [0.15, 0.2) is 97.2 Å². The van der Waals surface area contributed by atoms with Gasteiger partial charge in [0.15, 0.2) is 0 Å². The molecule has 4 aromatic rings. The molecule has 3 aromatic carbocycles. The molecule has 1 aromatic heterocycles. The fraction of sp³-hybridized carbons (Fsp3) is 0.276. The maximum absolute atomic E-state index is 5.08. The first kappa shape index (κ1) is 19.8. The third-order valence-electron chi connectivity index (χ3n) is 7.04. The standard InChI is InChI=1S/C29H30N2/c1-23-30-27(21-28(2)19-12-20-28)22-31(23)29(24-13-6-3-7-14-24,25-15-8-4-9-16-25)26-17-10-5-11-18-26/h3-11,13-18,22H,12,19-21H2,1-2H3. The summed E-state index contributed by atoms with van der Waals surface area (Å²) in [6.45, 7) is 4.56. The molecule has 1 aliphatic rings. The Hall–Kier alpha value is -3.13. The lowest BCUT2D eigenvalue weighted by Crippen LogP contribution is -2.38. The van der Waals surface area contributed by atoms with E-state index in [4.69, 9.17) is 4.98 Å². The molecule has 5 rings (SSSR count). The fourth-order valence-corrected chi connectivity index (χ4v) is 5.31. The number of benzene rings is 3. The van der Waals surface area contributed by atoms with Gasteiger partial charge < -0.3 is 4.57 Å². The van der Waals surface area contributed by atoms with E-state index in [9.17, 15) is 0 Å². The number of hydrogen-bond donors (Lipinski definition) is 0. The second-order valence-electron chi connectivity index (χ2n) is 9.30. The summed E-state index contributed by atoms with van der Waals surface area (Å²) in [6.07, 6.45) is 7.32.